The van der Waals surface area contributed by atoms with Crippen LogP contribution < -0.4 is 5.32 Å². The van der Waals surface area contributed by atoms with Gasteiger partial charge in [0.1, 0.15) is 0 Å². The molecule has 2 unspecified atom stereocenters. The third kappa shape index (κ3) is 3.40. The molecule has 0 aromatic heterocycles. The molecule has 0 saturated carbocycles. The molecule has 1 heterocycles. The Balaban J connectivity index is 2.22. The van der Waals surface area contributed by atoms with Crippen LogP contribution >= 0.6 is 0 Å². The standard InChI is InChI=1S/C16H26N2O2S/c1-4-12-17-14-7-10-16(11-8-14)21(19,20)18-13(3)6-9-15(18)5-2/h7-8,10-11,13,15,17H,4-6,9,12H2,1-3H3. The molecule has 21 heavy (non-hydrogen) atoms. The van der Waals surface area contributed by atoms with Crippen LogP contribution in [-0.2, 0) is 10.0 Å². The first kappa shape index (κ1) is 16.3. The zero-order valence-corrected chi connectivity index (χ0v) is 14.0. The van der Waals surface area contributed by atoms with Crippen LogP contribution in [0.2, 0.25) is 0 Å². The van der Waals surface area contributed by atoms with E-state index in [0.717, 1.165) is 37.9 Å². The summed E-state index contributed by atoms with van der Waals surface area (Å²) >= 11 is 0. The number of sulfonamides is 1. The van der Waals surface area contributed by atoms with E-state index >= 15 is 0 Å². The molecule has 2 atom stereocenters. The van der Waals surface area contributed by atoms with Crippen molar-refractivity contribution in [1.29, 1.82) is 0 Å². The summed E-state index contributed by atoms with van der Waals surface area (Å²) in [6.45, 7) is 7.06. The fraction of sp³-hybridized carbons (Fsp3) is 0.625. The molecular weight excluding hydrogens is 284 g/mol. The number of anilines is 1. The lowest BCUT2D eigenvalue weighted by Gasteiger charge is -2.27. The second kappa shape index (κ2) is 6.79. The van der Waals surface area contributed by atoms with Crippen molar-refractivity contribution in [2.24, 2.45) is 0 Å². The zero-order valence-electron chi connectivity index (χ0n) is 13.2. The van der Waals surface area contributed by atoms with Gasteiger partial charge in [-0.05, 0) is 56.9 Å². The van der Waals surface area contributed by atoms with Crippen LogP contribution in [0.1, 0.15) is 46.5 Å². The van der Waals surface area contributed by atoms with Crippen LogP contribution in [0, 0.1) is 0 Å². The molecule has 0 amide bonds. The normalized spacial score (nSPS) is 23.4. The van der Waals surface area contributed by atoms with E-state index < -0.39 is 10.0 Å². The second-order valence-corrected chi connectivity index (χ2v) is 7.62. The Bertz CT molecular complexity index is 554. The summed E-state index contributed by atoms with van der Waals surface area (Å²) in [5, 5.41) is 3.26. The Hall–Kier alpha value is -1.07. The Morgan fingerprint density at radius 3 is 2.43 bits per heavy atom. The molecule has 1 N–H and O–H groups in total. The molecule has 118 valence electrons. The van der Waals surface area contributed by atoms with Crippen molar-refractivity contribution >= 4 is 15.7 Å². The van der Waals surface area contributed by atoms with Gasteiger partial charge in [0.25, 0.3) is 0 Å². The summed E-state index contributed by atoms with van der Waals surface area (Å²) in [7, 11) is -3.38. The van der Waals surface area contributed by atoms with Crippen LogP contribution in [-0.4, -0.2) is 31.4 Å². The van der Waals surface area contributed by atoms with Crippen molar-refractivity contribution in [2.75, 3.05) is 11.9 Å². The van der Waals surface area contributed by atoms with Gasteiger partial charge >= 0.3 is 0 Å². The van der Waals surface area contributed by atoms with Crippen LogP contribution in [0.15, 0.2) is 29.2 Å². The maximum absolute atomic E-state index is 12.8. The summed E-state index contributed by atoms with van der Waals surface area (Å²) in [5.41, 5.74) is 0.970. The van der Waals surface area contributed by atoms with E-state index in [9.17, 15) is 8.42 Å². The maximum atomic E-state index is 12.8. The maximum Gasteiger partial charge on any atom is 0.243 e. The predicted octanol–water partition coefficient (Wildman–Crippen LogP) is 3.46. The molecule has 1 aliphatic heterocycles. The van der Waals surface area contributed by atoms with Crippen molar-refractivity contribution in [3.05, 3.63) is 24.3 Å². The monoisotopic (exact) mass is 310 g/mol. The average Bonchev–Trinajstić information content (AvgIpc) is 2.87. The topological polar surface area (TPSA) is 49.4 Å². The smallest absolute Gasteiger partial charge is 0.243 e. The number of nitrogens with zero attached hydrogens (tertiary/aromatic N) is 1. The second-order valence-electron chi connectivity index (χ2n) is 5.77. The highest BCUT2D eigenvalue weighted by Crippen LogP contribution is 2.32. The molecule has 4 nitrogen and oxygen atoms in total. The average molecular weight is 310 g/mol. The van der Waals surface area contributed by atoms with Gasteiger partial charge in [-0.3, -0.25) is 0 Å². The van der Waals surface area contributed by atoms with Crippen molar-refractivity contribution < 1.29 is 8.42 Å². The predicted molar refractivity (Wildman–Crippen MR) is 87.0 cm³/mol. The lowest BCUT2D eigenvalue weighted by atomic mass is 10.2. The fourth-order valence-corrected chi connectivity index (χ4v) is 4.95. The Morgan fingerprint density at radius 2 is 1.86 bits per heavy atom. The molecule has 0 bridgehead atoms. The van der Waals surface area contributed by atoms with Crippen LogP contribution in [0.25, 0.3) is 0 Å². The van der Waals surface area contributed by atoms with E-state index in [1.165, 1.54) is 0 Å². The van der Waals surface area contributed by atoms with Gasteiger partial charge in [-0.1, -0.05) is 13.8 Å². The highest BCUT2D eigenvalue weighted by molar-refractivity contribution is 7.89. The molecule has 2 rings (SSSR count). The molecule has 1 aromatic rings. The van der Waals surface area contributed by atoms with E-state index in [0.29, 0.717) is 4.90 Å². The first-order valence-electron chi connectivity index (χ1n) is 7.88. The summed E-state index contributed by atoms with van der Waals surface area (Å²) in [6, 6.07) is 7.37. The van der Waals surface area contributed by atoms with E-state index in [1.807, 2.05) is 19.1 Å². The van der Waals surface area contributed by atoms with Gasteiger partial charge in [-0.2, -0.15) is 4.31 Å². The first-order chi connectivity index (χ1) is 10.0. The Kier molecular flexibility index (Phi) is 5.27. The van der Waals surface area contributed by atoms with Crippen LogP contribution in [0.5, 0.6) is 0 Å². The minimum absolute atomic E-state index is 0.0952. The van der Waals surface area contributed by atoms with Crippen LogP contribution in [0.4, 0.5) is 5.69 Å². The van der Waals surface area contributed by atoms with Crippen molar-refractivity contribution in [3.8, 4) is 0 Å². The van der Waals surface area contributed by atoms with Crippen molar-refractivity contribution in [1.82, 2.24) is 4.31 Å². The summed E-state index contributed by atoms with van der Waals surface area (Å²) in [4.78, 5) is 0.400. The molecule has 0 radical (unpaired) electrons. The van der Waals surface area contributed by atoms with Gasteiger partial charge in [0.15, 0.2) is 0 Å². The number of hydrogen-bond donors (Lipinski definition) is 1. The number of hydrogen-bond acceptors (Lipinski definition) is 3. The minimum Gasteiger partial charge on any atom is -0.385 e. The quantitative estimate of drug-likeness (QED) is 0.875. The minimum atomic E-state index is -3.38. The molecule has 0 spiro atoms. The van der Waals surface area contributed by atoms with E-state index in [2.05, 4.69) is 19.2 Å². The molecule has 1 aromatic carbocycles. The summed E-state index contributed by atoms with van der Waals surface area (Å²) in [5.74, 6) is 0. The van der Waals surface area contributed by atoms with E-state index in [1.54, 1.807) is 16.4 Å². The first-order valence-corrected chi connectivity index (χ1v) is 9.32. The third-order valence-electron chi connectivity index (χ3n) is 4.19. The van der Waals surface area contributed by atoms with Gasteiger partial charge in [0.05, 0.1) is 4.90 Å². The lowest BCUT2D eigenvalue weighted by molar-refractivity contribution is 0.328. The summed E-state index contributed by atoms with van der Waals surface area (Å²) < 4.78 is 27.4. The zero-order chi connectivity index (χ0) is 15.5. The number of rotatable bonds is 6. The molecule has 0 aliphatic carbocycles. The lowest BCUT2D eigenvalue weighted by Crippen LogP contribution is -2.39. The largest absolute Gasteiger partial charge is 0.385 e. The Labute approximate surface area is 128 Å². The number of benzene rings is 1. The highest BCUT2D eigenvalue weighted by Gasteiger charge is 2.38. The van der Waals surface area contributed by atoms with Gasteiger partial charge < -0.3 is 5.32 Å². The highest BCUT2D eigenvalue weighted by atomic mass is 32.2. The van der Waals surface area contributed by atoms with Gasteiger partial charge in [-0.25, -0.2) is 8.42 Å². The van der Waals surface area contributed by atoms with E-state index in [-0.39, 0.29) is 12.1 Å². The number of nitrogens with one attached hydrogen (secondary N) is 1. The molecule has 1 saturated heterocycles. The summed E-state index contributed by atoms with van der Waals surface area (Å²) in [6.07, 6.45) is 3.84. The van der Waals surface area contributed by atoms with Crippen molar-refractivity contribution in [3.63, 3.8) is 0 Å². The van der Waals surface area contributed by atoms with Crippen LogP contribution in [0.3, 0.4) is 0 Å². The van der Waals surface area contributed by atoms with E-state index in [4.69, 9.17) is 0 Å². The van der Waals surface area contributed by atoms with Gasteiger partial charge in [0.2, 0.25) is 10.0 Å². The van der Waals surface area contributed by atoms with Gasteiger partial charge in [0, 0.05) is 24.3 Å². The molecule has 1 aliphatic rings. The molecule has 5 heteroatoms. The van der Waals surface area contributed by atoms with Gasteiger partial charge in [-0.15, -0.1) is 0 Å². The fourth-order valence-electron chi connectivity index (χ4n) is 3.00. The Morgan fingerprint density at radius 1 is 1.19 bits per heavy atom. The SMILES string of the molecule is CCCNc1ccc(S(=O)(=O)N2C(C)CCC2CC)cc1. The molecule has 1 fully saturated rings. The molecular formula is C16H26N2O2S. The van der Waals surface area contributed by atoms with Crippen molar-refractivity contribution in [2.45, 2.75) is 63.4 Å². The third-order valence-corrected chi connectivity index (χ3v) is 6.27.